The van der Waals surface area contributed by atoms with E-state index in [4.69, 9.17) is 5.73 Å². The molecule has 19 heavy (non-hydrogen) atoms. The van der Waals surface area contributed by atoms with Crippen molar-refractivity contribution in [3.8, 4) is 0 Å². The quantitative estimate of drug-likeness (QED) is 0.853. The number of aryl methyl sites for hydroxylation is 2. The molecule has 0 spiro atoms. The van der Waals surface area contributed by atoms with E-state index in [1.54, 1.807) is 0 Å². The van der Waals surface area contributed by atoms with Crippen molar-refractivity contribution >= 4 is 0 Å². The molecule has 100 valence electrons. The SMILES string of the molecule is Cc1nc(C)n(C2CC(C)c3ccccc3C2N)n1. The van der Waals surface area contributed by atoms with Gasteiger partial charge < -0.3 is 5.73 Å². The highest BCUT2D eigenvalue weighted by atomic mass is 15.4. The standard InChI is InChI=1S/C15H20N4/c1-9-8-14(19-11(3)17-10(2)18-19)15(16)13-7-5-4-6-12(9)13/h4-7,9,14-15H,8,16H2,1-3H3. The maximum Gasteiger partial charge on any atom is 0.147 e. The minimum absolute atomic E-state index is 0.00722. The van der Waals surface area contributed by atoms with Crippen molar-refractivity contribution in [3.05, 3.63) is 47.0 Å². The van der Waals surface area contributed by atoms with E-state index in [-0.39, 0.29) is 12.1 Å². The average molecular weight is 256 g/mol. The molecular formula is C15H20N4. The molecule has 2 N–H and O–H groups in total. The summed E-state index contributed by atoms with van der Waals surface area (Å²) in [4.78, 5) is 4.40. The van der Waals surface area contributed by atoms with Gasteiger partial charge in [0.25, 0.3) is 0 Å². The number of aromatic nitrogens is 3. The molecule has 0 radical (unpaired) electrons. The molecule has 2 aromatic rings. The monoisotopic (exact) mass is 256 g/mol. The molecule has 1 heterocycles. The summed E-state index contributed by atoms with van der Waals surface area (Å²) in [5.41, 5.74) is 9.10. The molecule has 1 aromatic carbocycles. The van der Waals surface area contributed by atoms with E-state index in [0.717, 1.165) is 18.1 Å². The van der Waals surface area contributed by atoms with Crippen LogP contribution in [0, 0.1) is 13.8 Å². The summed E-state index contributed by atoms with van der Waals surface area (Å²) >= 11 is 0. The van der Waals surface area contributed by atoms with Crippen LogP contribution in [-0.4, -0.2) is 14.8 Å². The fourth-order valence-corrected chi connectivity index (χ4v) is 3.21. The van der Waals surface area contributed by atoms with E-state index in [0.29, 0.717) is 5.92 Å². The third kappa shape index (κ3) is 1.96. The Hall–Kier alpha value is -1.68. The molecule has 1 aromatic heterocycles. The van der Waals surface area contributed by atoms with E-state index in [1.165, 1.54) is 11.1 Å². The Balaban J connectivity index is 2.05. The van der Waals surface area contributed by atoms with Crippen LogP contribution in [0.5, 0.6) is 0 Å². The highest BCUT2D eigenvalue weighted by Gasteiger charge is 2.33. The number of fused-ring (bicyclic) bond motifs is 1. The Morgan fingerprint density at radius 3 is 2.53 bits per heavy atom. The van der Waals surface area contributed by atoms with Crippen molar-refractivity contribution < 1.29 is 0 Å². The normalized spacial score (nSPS) is 26.2. The molecule has 0 amide bonds. The van der Waals surface area contributed by atoms with Gasteiger partial charge in [-0.05, 0) is 37.3 Å². The van der Waals surface area contributed by atoms with Crippen LogP contribution in [0.25, 0.3) is 0 Å². The zero-order valence-electron chi connectivity index (χ0n) is 11.7. The number of hydrogen-bond acceptors (Lipinski definition) is 3. The average Bonchev–Trinajstić information content (AvgIpc) is 2.73. The maximum absolute atomic E-state index is 6.47. The van der Waals surface area contributed by atoms with Crippen LogP contribution in [0.15, 0.2) is 24.3 Å². The van der Waals surface area contributed by atoms with Gasteiger partial charge in [-0.15, -0.1) is 0 Å². The second-order valence-corrected chi connectivity index (χ2v) is 5.51. The Labute approximate surface area is 113 Å². The highest BCUT2D eigenvalue weighted by Crippen LogP contribution is 2.42. The summed E-state index contributed by atoms with van der Waals surface area (Å²) in [6.07, 6.45) is 1.02. The minimum Gasteiger partial charge on any atom is -0.322 e. The second-order valence-electron chi connectivity index (χ2n) is 5.51. The molecule has 1 aliphatic rings. The van der Waals surface area contributed by atoms with Crippen LogP contribution in [-0.2, 0) is 0 Å². The summed E-state index contributed by atoms with van der Waals surface area (Å²) in [5, 5.41) is 4.52. The van der Waals surface area contributed by atoms with Crippen LogP contribution in [0.4, 0.5) is 0 Å². The van der Waals surface area contributed by atoms with E-state index < -0.39 is 0 Å². The Kier molecular flexibility index (Phi) is 2.90. The van der Waals surface area contributed by atoms with Gasteiger partial charge in [0.1, 0.15) is 11.6 Å². The molecule has 1 aliphatic carbocycles. The maximum atomic E-state index is 6.47. The topological polar surface area (TPSA) is 56.7 Å². The molecule has 3 rings (SSSR count). The Morgan fingerprint density at radius 2 is 1.89 bits per heavy atom. The van der Waals surface area contributed by atoms with Crippen LogP contribution in [0.1, 0.15) is 54.1 Å². The van der Waals surface area contributed by atoms with Gasteiger partial charge >= 0.3 is 0 Å². The molecule has 3 atom stereocenters. The van der Waals surface area contributed by atoms with Crippen molar-refractivity contribution in [1.82, 2.24) is 14.8 Å². The Bertz CT molecular complexity index is 602. The Morgan fingerprint density at radius 1 is 1.21 bits per heavy atom. The largest absolute Gasteiger partial charge is 0.322 e. The first-order valence-electron chi connectivity index (χ1n) is 6.82. The number of benzene rings is 1. The van der Waals surface area contributed by atoms with Gasteiger partial charge in [0.05, 0.1) is 12.1 Å². The molecule has 0 fully saturated rings. The molecular weight excluding hydrogens is 236 g/mol. The highest BCUT2D eigenvalue weighted by molar-refractivity contribution is 5.36. The third-order valence-corrected chi connectivity index (χ3v) is 4.12. The lowest BCUT2D eigenvalue weighted by Gasteiger charge is -2.35. The molecule has 4 heteroatoms. The van der Waals surface area contributed by atoms with Gasteiger partial charge in [-0.1, -0.05) is 31.2 Å². The molecule has 0 saturated carbocycles. The zero-order valence-corrected chi connectivity index (χ0v) is 11.7. The predicted octanol–water partition coefficient (Wildman–Crippen LogP) is 2.64. The number of hydrogen-bond donors (Lipinski definition) is 1. The van der Waals surface area contributed by atoms with Crippen LogP contribution in [0.3, 0.4) is 0 Å². The number of nitrogens with zero attached hydrogens (tertiary/aromatic N) is 3. The van der Waals surface area contributed by atoms with Crippen LogP contribution in [0.2, 0.25) is 0 Å². The fraction of sp³-hybridized carbons (Fsp3) is 0.467. The van der Waals surface area contributed by atoms with Gasteiger partial charge in [-0.3, -0.25) is 0 Å². The molecule has 3 unspecified atom stereocenters. The summed E-state index contributed by atoms with van der Waals surface area (Å²) in [5.74, 6) is 2.27. The second kappa shape index (κ2) is 4.46. The van der Waals surface area contributed by atoms with Crippen molar-refractivity contribution in [3.63, 3.8) is 0 Å². The van der Waals surface area contributed by atoms with Gasteiger partial charge in [0.15, 0.2) is 0 Å². The summed E-state index contributed by atoms with van der Waals surface area (Å²) in [7, 11) is 0. The summed E-state index contributed by atoms with van der Waals surface area (Å²) < 4.78 is 2.01. The van der Waals surface area contributed by atoms with E-state index in [2.05, 4.69) is 41.3 Å². The van der Waals surface area contributed by atoms with Gasteiger partial charge in [-0.2, -0.15) is 5.10 Å². The summed E-state index contributed by atoms with van der Waals surface area (Å²) in [6.45, 7) is 6.18. The lowest BCUT2D eigenvalue weighted by Crippen LogP contribution is -2.32. The lowest BCUT2D eigenvalue weighted by molar-refractivity contribution is 0.312. The fourth-order valence-electron chi connectivity index (χ4n) is 3.21. The van der Waals surface area contributed by atoms with Crippen molar-refractivity contribution in [2.24, 2.45) is 5.73 Å². The zero-order chi connectivity index (χ0) is 13.6. The first kappa shape index (κ1) is 12.4. The molecule has 0 saturated heterocycles. The first-order valence-corrected chi connectivity index (χ1v) is 6.82. The molecule has 0 bridgehead atoms. The van der Waals surface area contributed by atoms with Crippen LogP contribution >= 0.6 is 0 Å². The van der Waals surface area contributed by atoms with Gasteiger partial charge in [0.2, 0.25) is 0 Å². The molecule has 4 nitrogen and oxygen atoms in total. The third-order valence-electron chi connectivity index (χ3n) is 4.12. The van der Waals surface area contributed by atoms with E-state index >= 15 is 0 Å². The number of nitrogens with two attached hydrogens (primary N) is 1. The van der Waals surface area contributed by atoms with E-state index in [1.807, 2.05) is 18.5 Å². The molecule has 0 aliphatic heterocycles. The van der Waals surface area contributed by atoms with Gasteiger partial charge in [-0.25, -0.2) is 9.67 Å². The summed E-state index contributed by atoms with van der Waals surface area (Å²) in [6, 6.07) is 8.68. The van der Waals surface area contributed by atoms with Crippen molar-refractivity contribution in [1.29, 1.82) is 0 Å². The first-order chi connectivity index (χ1) is 9.08. The number of rotatable bonds is 1. The predicted molar refractivity (Wildman–Crippen MR) is 74.9 cm³/mol. The van der Waals surface area contributed by atoms with Crippen molar-refractivity contribution in [2.75, 3.05) is 0 Å². The smallest absolute Gasteiger partial charge is 0.147 e. The lowest BCUT2D eigenvalue weighted by atomic mass is 9.78. The van der Waals surface area contributed by atoms with Crippen LogP contribution < -0.4 is 5.73 Å². The van der Waals surface area contributed by atoms with E-state index in [9.17, 15) is 0 Å². The minimum atomic E-state index is -0.00722. The van der Waals surface area contributed by atoms with Crippen molar-refractivity contribution in [2.45, 2.75) is 45.2 Å². The van der Waals surface area contributed by atoms with Gasteiger partial charge in [0, 0.05) is 0 Å².